The topological polar surface area (TPSA) is 0 Å². The minimum absolute atomic E-state index is 0.148. The molecule has 0 spiro atoms. The number of halogens is 1. The third-order valence-corrected chi connectivity index (χ3v) is 5.53. The molecule has 0 amide bonds. The molecule has 0 bridgehead atoms. The first-order chi connectivity index (χ1) is 10.3. The Balaban J connectivity index is 2.04. The first-order valence-corrected chi connectivity index (χ1v) is 8.87. The van der Waals surface area contributed by atoms with Crippen molar-refractivity contribution in [2.45, 2.75) is 57.7 Å². The van der Waals surface area contributed by atoms with Gasteiger partial charge in [-0.15, -0.1) is 11.6 Å². The van der Waals surface area contributed by atoms with Crippen LogP contribution >= 0.6 is 11.6 Å². The second kappa shape index (κ2) is 6.40. The normalized spacial score (nSPS) is 15.0. The van der Waals surface area contributed by atoms with Crippen LogP contribution in [0.5, 0.6) is 0 Å². The summed E-state index contributed by atoms with van der Waals surface area (Å²) >= 11 is 6.93. The molecule has 0 saturated heterocycles. The highest BCUT2D eigenvalue weighted by atomic mass is 35.5. The SMILES string of the molecule is CCCC(CCC)C(Cl)c1ccc2c3c(cccc13)CC2. The van der Waals surface area contributed by atoms with Crippen LogP contribution in [0.4, 0.5) is 0 Å². The van der Waals surface area contributed by atoms with Crippen molar-refractivity contribution in [3.63, 3.8) is 0 Å². The van der Waals surface area contributed by atoms with E-state index in [1.54, 1.807) is 0 Å². The summed E-state index contributed by atoms with van der Waals surface area (Å²) in [6.45, 7) is 4.53. The smallest absolute Gasteiger partial charge is 0.0619 e. The molecule has 0 saturated carbocycles. The molecule has 0 heterocycles. The zero-order valence-electron chi connectivity index (χ0n) is 13.2. The zero-order chi connectivity index (χ0) is 14.8. The van der Waals surface area contributed by atoms with Crippen molar-refractivity contribution in [3.05, 3.63) is 47.0 Å². The van der Waals surface area contributed by atoms with E-state index in [0.29, 0.717) is 5.92 Å². The Morgan fingerprint density at radius 1 is 0.952 bits per heavy atom. The van der Waals surface area contributed by atoms with Gasteiger partial charge in [-0.2, -0.15) is 0 Å². The predicted molar refractivity (Wildman–Crippen MR) is 93.3 cm³/mol. The van der Waals surface area contributed by atoms with Crippen LogP contribution < -0.4 is 0 Å². The molecule has 0 nitrogen and oxygen atoms in total. The van der Waals surface area contributed by atoms with Gasteiger partial charge in [0.15, 0.2) is 0 Å². The van der Waals surface area contributed by atoms with Crippen molar-refractivity contribution < 1.29 is 0 Å². The van der Waals surface area contributed by atoms with Gasteiger partial charge in [-0.25, -0.2) is 0 Å². The average molecular weight is 301 g/mol. The van der Waals surface area contributed by atoms with Gasteiger partial charge < -0.3 is 0 Å². The highest BCUT2D eigenvalue weighted by Crippen LogP contribution is 2.41. The van der Waals surface area contributed by atoms with Crippen LogP contribution in [0.1, 0.15) is 61.6 Å². The van der Waals surface area contributed by atoms with Gasteiger partial charge >= 0.3 is 0 Å². The van der Waals surface area contributed by atoms with E-state index < -0.39 is 0 Å². The molecule has 0 fully saturated rings. The molecule has 21 heavy (non-hydrogen) atoms. The Kier molecular flexibility index (Phi) is 4.54. The third kappa shape index (κ3) is 2.71. The van der Waals surface area contributed by atoms with Gasteiger partial charge in [0.1, 0.15) is 0 Å². The largest absolute Gasteiger partial charge is 0.117 e. The van der Waals surface area contributed by atoms with Crippen LogP contribution in [0.2, 0.25) is 0 Å². The molecular formula is C20H25Cl. The van der Waals surface area contributed by atoms with Crippen LogP contribution in [-0.2, 0) is 12.8 Å². The van der Waals surface area contributed by atoms with E-state index in [1.165, 1.54) is 66.0 Å². The Labute approximate surface area is 133 Å². The lowest BCUT2D eigenvalue weighted by molar-refractivity contribution is 0.427. The Morgan fingerprint density at radius 3 is 2.29 bits per heavy atom. The van der Waals surface area contributed by atoms with E-state index in [-0.39, 0.29) is 5.38 Å². The molecule has 1 heteroatoms. The van der Waals surface area contributed by atoms with Crippen LogP contribution in [0.3, 0.4) is 0 Å². The first kappa shape index (κ1) is 14.9. The summed E-state index contributed by atoms with van der Waals surface area (Å²) in [5, 5.41) is 3.04. The Morgan fingerprint density at radius 2 is 1.62 bits per heavy atom. The fraction of sp³-hybridized carbons (Fsp3) is 0.500. The maximum atomic E-state index is 6.93. The minimum Gasteiger partial charge on any atom is -0.117 e. The molecule has 1 unspecified atom stereocenters. The third-order valence-electron chi connectivity index (χ3n) is 4.94. The predicted octanol–water partition coefficient (Wildman–Crippen LogP) is 6.43. The summed E-state index contributed by atoms with van der Waals surface area (Å²) in [7, 11) is 0. The van der Waals surface area contributed by atoms with Gasteiger partial charge in [0.2, 0.25) is 0 Å². The molecule has 0 radical (unpaired) electrons. The lowest BCUT2D eigenvalue weighted by Crippen LogP contribution is -2.08. The number of alkyl halides is 1. The monoisotopic (exact) mass is 300 g/mol. The van der Waals surface area contributed by atoms with E-state index in [9.17, 15) is 0 Å². The number of aryl methyl sites for hydroxylation is 2. The maximum absolute atomic E-state index is 6.93. The lowest BCUT2D eigenvalue weighted by Gasteiger charge is -2.23. The Hall–Kier alpha value is -1.01. The van der Waals surface area contributed by atoms with E-state index in [4.69, 9.17) is 11.6 Å². The van der Waals surface area contributed by atoms with Crippen LogP contribution in [-0.4, -0.2) is 0 Å². The number of benzene rings is 2. The van der Waals surface area contributed by atoms with Crippen molar-refractivity contribution in [3.8, 4) is 0 Å². The molecular weight excluding hydrogens is 276 g/mol. The summed E-state index contributed by atoms with van der Waals surface area (Å²) < 4.78 is 0. The van der Waals surface area contributed by atoms with Crippen molar-refractivity contribution in [2.24, 2.45) is 5.92 Å². The van der Waals surface area contributed by atoms with Gasteiger partial charge in [-0.05, 0) is 59.1 Å². The lowest BCUT2D eigenvalue weighted by atomic mass is 9.87. The fourth-order valence-corrected chi connectivity index (χ4v) is 4.38. The fourth-order valence-electron chi connectivity index (χ4n) is 3.94. The Bertz CT molecular complexity index is 613. The molecule has 0 aliphatic heterocycles. The summed E-state index contributed by atoms with van der Waals surface area (Å²) in [6.07, 6.45) is 7.27. The van der Waals surface area contributed by atoms with Crippen molar-refractivity contribution in [1.29, 1.82) is 0 Å². The van der Waals surface area contributed by atoms with E-state index in [1.807, 2.05) is 0 Å². The van der Waals surface area contributed by atoms with Crippen LogP contribution in [0.25, 0.3) is 10.8 Å². The van der Waals surface area contributed by atoms with E-state index in [2.05, 4.69) is 44.2 Å². The van der Waals surface area contributed by atoms with Crippen molar-refractivity contribution in [1.82, 2.24) is 0 Å². The van der Waals surface area contributed by atoms with E-state index in [0.717, 1.165) is 0 Å². The van der Waals surface area contributed by atoms with Gasteiger partial charge in [0.05, 0.1) is 5.38 Å². The molecule has 112 valence electrons. The standard InChI is InChI=1S/C20H25Cl/c1-3-6-16(7-4-2)20(21)18-13-12-15-11-10-14-8-5-9-17(18)19(14)15/h5,8-9,12-13,16,20H,3-4,6-7,10-11H2,1-2H3. The highest BCUT2D eigenvalue weighted by Gasteiger charge is 2.24. The molecule has 3 rings (SSSR count). The first-order valence-electron chi connectivity index (χ1n) is 8.43. The minimum atomic E-state index is 0.148. The van der Waals surface area contributed by atoms with E-state index >= 15 is 0 Å². The number of hydrogen-bond donors (Lipinski definition) is 0. The highest BCUT2D eigenvalue weighted by molar-refractivity contribution is 6.22. The van der Waals surface area contributed by atoms with Gasteiger partial charge in [-0.3, -0.25) is 0 Å². The second-order valence-electron chi connectivity index (χ2n) is 6.39. The quantitative estimate of drug-likeness (QED) is 0.539. The molecule has 1 aliphatic rings. The van der Waals surface area contributed by atoms with Crippen LogP contribution in [0, 0.1) is 5.92 Å². The number of hydrogen-bond acceptors (Lipinski definition) is 0. The molecule has 0 aromatic heterocycles. The van der Waals surface area contributed by atoms with Gasteiger partial charge in [0, 0.05) is 0 Å². The second-order valence-corrected chi connectivity index (χ2v) is 6.86. The summed E-state index contributed by atoms with van der Waals surface area (Å²) in [6, 6.07) is 11.4. The summed E-state index contributed by atoms with van der Waals surface area (Å²) in [5.74, 6) is 0.597. The molecule has 2 aromatic rings. The molecule has 2 aromatic carbocycles. The average Bonchev–Trinajstić information content (AvgIpc) is 2.92. The molecule has 1 atom stereocenters. The molecule has 1 aliphatic carbocycles. The van der Waals surface area contributed by atoms with Gasteiger partial charge in [-0.1, -0.05) is 57.0 Å². The van der Waals surface area contributed by atoms with Gasteiger partial charge in [0.25, 0.3) is 0 Å². The van der Waals surface area contributed by atoms with Crippen LogP contribution in [0.15, 0.2) is 30.3 Å². The van der Waals surface area contributed by atoms with Crippen molar-refractivity contribution in [2.75, 3.05) is 0 Å². The van der Waals surface area contributed by atoms with Crippen molar-refractivity contribution >= 4 is 22.4 Å². The number of rotatable bonds is 6. The summed E-state index contributed by atoms with van der Waals surface area (Å²) in [5.41, 5.74) is 4.37. The molecule has 0 N–H and O–H groups in total. The summed E-state index contributed by atoms with van der Waals surface area (Å²) in [4.78, 5) is 0. The zero-order valence-corrected chi connectivity index (χ0v) is 13.9. The maximum Gasteiger partial charge on any atom is 0.0619 e.